The van der Waals surface area contributed by atoms with Crippen molar-refractivity contribution < 1.29 is 20.1 Å². The largest absolute Gasteiger partial charge is 0.396 e. The van der Waals surface area contributed by atoms with Crippen molar-refractivity contribution in [2.24, 2.45) is 0 Å². The molecule has 54 valence electrons. The van der Waals surface area contributed by atoms with Crippen molar-refractivity contribution in [3.8, 4) is 0 Å². The Bertz CT molecular complexity index is 91.0. The van der Waals surface area contributed by atoms with Crippen LogP contribution in [0.3, 0.4) is 0 Å². The highest BCUT2D eigenvalue weighted by Gasteiger charge is 2.11. The van der Waals surface area contributed by atoms with E-state index in [1.54, 1.807) is 0 Å². The smallest absolute Gasteiger partial charge is 0.186 e. The summed E-state index contributed by atoms with van der Waals surface area (Å²) in [4.78, 5) is 10.3. The fraction of sp³-hybridized carbons (Fsp3) is 0.800. The number of hydrogen-bond acceptors (Lipinski definition) is 4. The number of aliphatic hydroxyl groups excluding tert-OH is 3. The summed E-state index contributed by atoms with van der Waals surface area (Å²) in [5.74, 6) is -0.649. The summed E-state index contributed by atoms with van der Waals surface area (Å²) in [6, 6.07) is 0. The molecule has 0 aliphatic rings. The molecule has 0 spiro atoms. The van der Waals surface area contributed by atoms with Crippen molar-refractivity contribution in [1.82, 2.24) is 0 Å². The maximum absolute atomic E-state index is 10.3. The molecule has 0 amide bonds. The van der Waals surface area contributed by atoms with Crippen LogP contribution < -0.4 is 0 Å². The van der Waals surface area contributed by atoms with Crippen LogP contribution >= 0.6 is 0 Å². The number of hydrogen-bond donors (Lipinski definition) is 3. The van der Waals surface area contributed by atoms with Gasteiger partial charge < -0.3 is 15.3 Å². The highest BCUT2D eigenvalue weighted by Crippen LogP contribution is 1.90. The molecule has 0 aromatic rings. The molecule has 0 aromatic heterocycles. The molecule has 4 heteroatoms. The summed E-state index contributed by atoms with van der Waals surface area (Å²) >= 11 is 0. The summed E-state index contributed by atoms with van der Waals surface area (Å²) in [5.41, 5.74) is 0. The predicted octanol–water partition coefficient (Wildman–Crippen LogP) is -1.71. The molecule has 0 aliphatic heterocycles. The van der Waals surface area contributed by atoms with E-state index >= 15 is 0 Å². The third-order valence-electron chi connectivity index (χ3n) is 0.930. The van der Waals surface area contributed by atoms with E-state index in [1.807, 2.05) is 0 Å². The molecule has 0 radical (unpaired) electrons. The second-order valence-corrected chi connectivity index (χ2v) is 1.65. The Hall–Kier alpha value is -0.450. The Morgan fingerprint density at radius 2 is 2.00 bits per heavy atom. The van der Waals surface area contributed by atoms with Gasteiger partial charge in [-0.15, -0.1) is 0 Å². The summed E-state index contributed by atoms with van der Waals surface area (Å²) in [7, 11) is 0. The van der Waals surface area contributed by atoms with Gasteiger partial charge in [0.25, 0.3) is 0 Å². The second kappa shape index (κ2) is 4.43. The highest BCUT2D eigenvalue weighted by atomic mass is 16.3. The van der Waals surface area contributed by atoms with Gasteiger partial charge in [0, 0.05) is 13.0 Å². The SMILES string of the molecule is O=C(CO)C(O)CCO. The molecule has 0 aromatic carbocycles. The van der Waals surface area contributed by atoms with Crippen molar-refractivity contribution >= 4 is 5.78 Å². The first kappa shape index (κ1) is 8.55. The molecule has 0 bridgehead atoms. The zero-order valence-electron chi connectivity index (χ0n) is 4.95. The molecule has 0 aliphatic carbocycles. The Kier molecular flexibility index (Phi) is 4.21. The first-order valence-corrected chi connectivity index (χ1v) is 2.65. The maximum atomic E-state index is 10.3. The zero-order chi connectivity index (χ0) is 7.28. The van der Waals surface area contributed by atoms with Gasteiger partial charge in [0.05, 0.1) is 0 Å². The summed E-state index contributed by atoms with van der Waals surface area (Å²) in [6.07, 6.45) is -1.21. The molecular weight excluding hydrogens is 124 g/mol. The van der Waals surface area contributed by atoms with Gasteiger partial charge in [0.2, 0.25) is 0 Å². The third kappa shape index (κ3) is 3.18. The van der Waals surface area contributed by atoms with Crippen LogP contribution in [0.15, 0.2) is 0 Å². The van der Waals surface area contributed by atoms with E-state index in [2.05, 4.69) is 0 Å². The van der Waals surface area contributed by atoms with Crippen molar-refractivity contribution in [1.29, 1.82) is 0 Å². The molecule has 9 heavy (non-hydrogen) atoms. The van der Waals surface area contributed by atoms with Gasteiger partial charge in [-0.2, -0.15) is 0 Å². The summed E-state index contributed by atoms with van der Waals surface area (Å²) in [5, 5.41) is 25.0. The minimum Gasteiger partial charge on any atom is -0.396 e. The lowest BCUT2D eigenvalue weighted by Crippen LogP contribution is -2.24. The van der Waals surface area contributed by atoms with E-state index in [0.717, 1.165) is 0 Å². The van der Waals surface area contributed by atoms with E-state index in [1.165, 1.54) is 0 Å². The lowest BCUT2D eigenvalue weighted by Gasteiger charge is -2.03. The van der Waals surface area contributed by atoms with Gasteiger partial charge in [-0.3, -0.25) is 4.79 Å². The van der Waals surface area contributed by atoms with Crippen LogP contribution in [-0.4, -0.2) is 40.4 Å². The van der Waals surface area contributed by atoms with Gasteiger partial charge in [-0.05, 0) is 0 Å². The molecule has 0 saturated carbocycles. The molecule has 3 N–H and O–H groups in total. The van der Waals surface area contributed by atoms with Crippen LogP contribution in [0.5, 0.6) is 0 Å². The lowest BCUT2D eigenvalue weighted by molar-refractivity contribution is -0.130. The van der Waals surface area contributed by atoms with Crippen LogP contribution in [-0.2, 0) is 4.79 Å². The van der Waals surface area contributed by atoms with Crippen molar-refractivity contribution in [3.63, 3.8) is 0 Å². The Labute approximate surface area is 52.7 Å². The zero-order valence-corrected chi connectivity index (χ0v) is 4.95. The molecular formula is C5H10O4. The van der Waals surface area contributed by atoms with Gasteiger partial charge in [-0.1, -0.05) is 0 Å². The van der Waals surface area contributed by atoms with Gasteiger partial charge in [0.1, 0.15) is 12.7 Å². The average Bonchev–Trinajstić information content (AvgIpc) is 1.87. The number of Topliss-reactive ketones (excluding diaryl/α,β-unsaturated/α-hetero) is 1. The standard InChI is InChI=1S/C5H10O4/c6-2-1-4(8)5(9)3-7/h4,6-8H,1-3H2. The van der Waals surface area contributed by atoms with Gasteiger partial charge in [0.15, 0.2) is 5.78 Å². The van der Waals surface area contributed by atoms with Crippen molar-refractivity contribution in [3.05, 3.63) is 0 Å². The fourth-order valence-corrected chi connectivity index (χ4v) is 0.389. The molecule has 0 rings (SSSR count). The first-order chi connectivity index (χ1) is 4.22. The first-order valence-electron chi connectivity index (χ1n) is 2.65. The minimum atomic E-state index is -1.21. The Balaban J connectivity index is 3.45. The Morgan fingerprint density at radius 1 is 1.44 bits per heavy atom. The molecule has 0 saturated heterocycles. The number of carbonyl (C=O) groups excluding carboxylic acids is 1. The second-order valence-electron chi connectivity index (χ2n) is 1.65. The van der Waals surface area contributed by atoms with Crippen LogP contribution in [0, 0.1) is 0 Å². The predicted molar refractivity (Wildman–Crippen MR) is 29.8 cm³/mol. The molecule has 4 nitrogen and oxygen atoms in total. The van der Waals surface area contributed by atoms with E-state index in [-0.39, 0.29) is 13.0 Å². The number of ketones is 1. The normalized spacial score (nSPS) is 13.2. The van der Waals surface area contributed by atoms with Gasteiger partial charge in [-0.25, -0.2) is 0 Å². The minimum absolute atomic E-state index is 0.000602. The molecule has 0 fully saturated rings. The molecule has 1 atom stereocenters. The monoisotopic (exact) mass is 134 g/mol. The quantitative estimate of drug-likeness (QED) is 0.428. The van der Waals surface area contributed by atoms with Crippen LogP contribution in [0.25, 0.3) is 0 Å². The van der Waals surface area contributed by atoms with Crippen LogP contribution in [0.2, 0.25) is 0 Å². The third-order valence-corrected chi connectivity index (χ3v) is 0.930. The Morgan fingerprint density at radius 3 is 2.33 bits per heavy atom. The highest BCUT2D eigenvalue weighted by molar-refractivity contribution is 5.83. The summed E-state index contributed by atoms with van der Waals surface area (Å²) in [6.45, 7) is -0.909. The van der Waals surface area contributed by atoms with Crippen LogP contribution in [0.1, 0.15) is 6.42 Å². The molecule has 0 heterocycles. The fourth-order valence-electron chi connectivity index (χ4n) is 0.389. The maximum Gasteiger partial charge on any atom is 0.186 e. The molecule has 1 unspecified atom stereocenters. The van der Waals surface area contributed by atoms with E-state index in [0.29, 0.717) is 0 Å². The number of carbonyl (C=O) groups is 1. The van der Waals surface area contributed by atoms with E-state index in [4.69, 9.17) is 15.3 Å². The van der Waals surface area contributed by atoms with Crippen molar-refractivity contribution in [2.45, 2.75) is 12.5 Å². The van der Waals surface area contributed by atoms with E-state index in [9.17, 15) is 4.79 Å². The number of aliphatic hydroxyl groups is 3. The van der Waals surface area contributed by atoms with Gasteiger partial charge >= 0.3 is 0 Å². The summed E-state index contributed by atoms with van der Waals surface area (Å²) < 4.78 is 0. The van der Waals surface area contributed by atoms with E-state index < -0.39 is 18.5 Å². The number of rotatable bonds is 4. The average molecular weight is 134 g/mol. The topological polar surface area (TPSA) is 77.8 Å². The van der Waals surface area contributed by atoms with Crippen molar-refractivity contribution in [2.75, 3.05) is 13.2 Å². The van der Waals surface area contributed by atoms with Crippen LogP contribution in [0.4, 0.5) is 0 Å². The lowest BCUT2D eigenvalue weighted by atomic mass is 10.2.